The summed E-state index contributed by atoms with van der Waals surface area (Å²) in [5.74, 6) is -1.02. The number of carboxylic acids is 1. The van der Waals surface area contributed by atoms with Gasteiger partial charge in [-0.15, -0.1) is 0 Å². The molecule has 4 N–H and O–H groups in total. The molecule has 0 fully saturated rings. The highest BCUT2D eigenvalue weighted by molar-refractivity contribution is 7.89. The quantitative estimate of drug-likeness (QED) is 0.506. The number of benzene rings is 1. The minimum atomic E-state index is -3.69. The molecular formula is C13H18ClN3O5S. The zero-order valence-corrected chi connectivity index (χ0v) is 14.0. The van der Waals surface area contributed by atoms with E-state index in [1.54, 1.807) is 13.0 Å². The molecule has 0 bridgehead atoms. The van der Waals surface area contributed by atoms with Gasteiger partial charge in [-0.1, -0.05) is 11.6 Å². The minimum Gasteiger partial charge on any atom is -0.481 e. The Morgan fingerprint density at radius 3 is 2.43 bits per heavy atom. The van der Waals surface area contributed by atoms with Crippen LogP contribution in [0.2, 0.25) is 5.02 Å². The third-order valence-electron chi connectivity index (χ3n) is 2.75. The third-order valence-corrected chi connectivity index (χ3v) is 4.61. The van der Waals surface area contributed by atoms with E-state index in [1.807, 2.05) is 0 Å². The molecule has 0 aliphatic carbocycles. The van der Waals surface area contributed by atoms with E-state index in [0.717, 1.165) is 0 Å². The molecule has 0 saturated heterocycles. The van der Waals surface area contributed by atoms with Gasteiger partial charge in [0.05, 0.1) is 11.3 Å². The van der Waals surface area contributed by atoms with Crippen LogP contribution >= 0.6 is 11.6 Å². The summed E-state index contributed by atoms with van der Waals surface area (Å²) in [4.78, 5) is 21.7. The van der Waals surface area contributed by atoms with Gasteiger partial charge in [0, 0.05) is 24.7 Å². The number of nitrogens with one attached hydrogen (secondary N) is 3. The summed E-state index contributed by atoms with van der Waals surface area (Å²) >= 11 is 5.78. The molecule has 1 aromatic rings. The number of aliphatic carboxylic acids is 1. The van der Waals surface area contributed by atoms with Crippen LogP contribution in [0.3, 0.4) is 0 Å². The maximum atomic E-state index is 12.1. The van der Waals surface area contributed by atoms with Gasteiger partial charge < -0.3 is 15.7 Å². The van der Waals surface area contributed by atoms with Gasteiger partial charge >= 0.3 is 12.0 Å². The van der Waals surface area contributed by atoms with Gasteiger partial charge in [0.2, 0.25) is 10.0 Å². The molecule has 0 aliphatic heterocycles. The molecule has 0 atom stereocenters. The second-order valence-corrected chi connectivity index (χ2v) is 6.81. The van der Waals surface area contributed by atoms with Crippen molar-refractivity contribution in [3.63, 3.8) is 0 Å². The first-order valence-corrected chi connectivity index (χ1v) is 8.58. The molecule has 0 spiro atoms. The molecule has 0 heterocycles. The monoisotopic (exact) mass is 363 g/mol. The van der Waals surface area contributed by atoms with Crippen LogP contribution in [0.25, 0.3) is 0 Å². The topological polar surface area (TPSA) is 125 Å². The molecule has 128 valence electrons. The molecule has 1 aromatic carbocycles. The van der Waals surface area contributed by atoms with Gasteiger partial charge in [-0.05, 0) is 30.7 Å². The first-order valence-electron chi connectivity index (χ1n) is 6.71. The SMILES string of the molecule is Cc1cc(Cl)ccc1S(=O)(=O)NCCNC(=O)NCCC(=O)O. The Kier molecular flexibility index (Phi) is 7.27. The van der Waals surface area contributed by atoms with Crippen LogP contribution < -0.4 is 15.4 Å². The number of hydrogen-bond donors (Lipinski definition) is 4. The van der Waals surface area contributed by atoms with Crippen molar-refractivity contribution < 1.29 is 23.1 Å². The number of hydrogen-bond acceptors (Lipinski definition) is 4. The summed E-state index contributed by atoms with van der Waals surface area (Å²) in [7, 11) is -3.69. The van der Waals surface area contributed by atoms with Crippen LogP contribution in [0.5, 0.6) is 0 Å². The molecule has 2 amide bonds. The molecule has 0 aromatic heterocycles. The Balaban J connectivity index is 2.40. The van der Waals surface area contributed by atoms with Crippen molar-refractivity contribution in [1.82, 2.24) is 15.4 Å². The molecule has 23 heavy (non-hydrogen) atoms. The lowest BCUT2D eigenvalue weighted by molar-refractivity contribution is -0.136. The fourth-order valence-corrected chi connectivity index (χ4v) is 3.18. The molecular weight excluding hydrogens is 346 g/mol. The number of urea groups is 1. The van der Waals surface area contributed by atoms with Crippen molar-refractivity contribution in [2.45, 2.75) is 18.2 Å². The summed E-state index contributed by atoms with van der Waals surface area (Å²) < 4.78 is 26.6. The number of aryl methyl sites for hydroxylation is 1. The van der Waals surface area contributed by atoms with Crippen molar-refractivity contribution in [2.24, 2.45) is 0 Å². The highest BCUT2D eigenvalue weighted by Gasteiger charge is 2.16. The highest BCUT2D eigenvalue weighted by atomic mass is 35.5. The lowest BCUT2D eigenvalue weighted by Gasteiger charge is -2.10. The molecule has 0 radical (unpaired) electrons. The number of carbonyl (C=O) groups excluding carboxylic acids is 1. The Hall–Kier alpha value is -1.84. The maximum Gasteiger partial charge on any atom is 0.314 e. The number of rotatable bonds is 8. The van der Waals surface area contributed by atoms with Gasteiger partial charge in [0.25, 0.3) is 0 Å². The molecule has 0 aliphatic rings. The second kappa shape index (κ2) is 8.70. The highest BCUT2D eigenvalue weighted by Crippen LogP contribution is 2.19. The van der Waals surface area contributed by atoms with Crippen LogP contribution in [0, 0.1) is 6.92 Å². The Morgan fingerprint density at radius 1 is 1.17 bits per heavy atom. The molecule has 0 unspecified atom stereocenters. The van der Waals surface area contributed by atoms with Crippen molar-refractivity contribution in [3.8, 4) is 0 Å². The van der Waals surface area contributed by atoms with Crippen LogP contribution in [0.1, 0.15) is 12.0 Å². The fourth-order valence-electron chi connectivity index (χ4n) is 1.70. The van der Waals surface area contributed by atoms with E-state index in [-0.39, 0.29) is 31.0 Å². The lowest BCUT2D eigenvalue weighted by atomic mass is 10.2. The van der Waals surface area contributed by atoms with Crippen molar-refractivity contribution in [2.75, 3.05) is 19.6 Å². The molecule has 8 nitrogen and oxygen atoms in total. The predicted molar refractivity (Wildman–Crippen MR) is 85.0 cm³/mol. The van der Waals surface area contributed by atoms with Crippen molar-refractivity contribution in [3.05, 3.63) is 28.8 Å². The number of amides is 2. The lowest BCUT2D eigenvalue weighted by Crippen LogP contribution is -2.40. The summed E-state index contributed by atoms with van der Waals surface area (Å²) in [5.41, 5.74) is 0.518. The minimum absolute atomic E-state index is 0.00311. The third kappa shape index (κ3) is 6.85. The smallest absolute Gasteiger partial charge is 0.314 e. The van der Waals surface area contributed by atoms with Crippen LogP contribution in [-0.4, -0.2) is 45.2 Å². The Labute approximate surface area is 139 Å². The van der Waals surface area contributed by atoms with E-state index < -0.39 is 22.0 Å². The van der Waals surface area contributed by atoms with Crippen LogP contribution in [0.15, 0.2) is 23.1 Å². The zero-order chi connectivity index (χ0) is 17.5. The van der Waals surface area contributed by atoms with Gasteiger partial charge in [-0.25, -0.2) is 17.9 Å². The first kappa shape index (κ1) is 19.2. The summed E-state index contributed by atoms with van der Waals surface area (Å²) in [5, 5.41) is 13.6. The Bertz CT molecular complexity index is 678. The molecule has 0 saturated carbocycles. The van der Waals surface area contributed by atoms with Gasteiger partial charge in [0.1, 0.15) is 0 Å². The fraction of sp³-hybridized carbons (Fsp3) is 0.385. The summed E-state index contributed by atoms with van der Waals surface area (Å²) in [6.45, 7) is 1.69. The van der Waals surface area contributed by atoms with E-state index in [4.69, 9.17) is 16.7 Å². The molecule has 1 rings (SSSR count). The number of sulfonamides is 1. The van der Waals surface area contributed by atoms with E-state index in [0.29, 0.717) is 10.6 Å². The molecule has 10 heteroatoms. The summed E-state index contributed by atoms with van der Waals surface area (Å²) in [6.07, 6.45) is -0.185. The predicted octanol–water partition coefficient (Wildman–Crippen LogP) is 0.701. The van der Waals surface area contributed by atoms with E-state index >= 15 is 0 Å². The van der Waals surface area contributed by atoms with Crippen molar-refractivity contribution >= 4 is 33.6 Å². The largest absolute Gasteiger partial charge is 0.481 e. The second-order valence-electron chi connectivity index (χ2n) is 4.63. The zero-order valence-electron chi connectivity index (χ0n) is 12.4. The van der Waals surface area contributed by atoms with Gasteiger partial charge in [-0.3, -0.25) is 4.79 Å². The standard InChI is InChI=1S/C13H18ClN3O5S/c1-9-8-10(14)2-3-11(9)23(21,22)17-7-6-16-13(20)15-5-4-12(18)19/h2-3,8,17H,4-7H2,1H3,(H,18,19)(H2,15,16,20). The van der Waals surface area contributed by atoms with E-state index in [1.165, 1.54) is 12.1 Å². The van der Waals surface area contributed by atoms with E-state index in [9.17, 15) is 18.0 Å². The van der Waals surface area contributed by atoms with Crippen molar-refractivity contribution in [1.29, 1.82) is 0 Å². The van der Waals surface area contributed by atoms with Gasteiger partial charge in [0.15, 0.2) is 0 Å². The number of carbonyl (C=O) groups is 2. The Morgan fingerprint density at radius 2 is 1.83 bits per heavy atom. The van der Waals surface area contributed by atoms with Crippen LogP contribution in [-0.2, 0) is 14.8 Å². The number of carboxylic acid groups (broad SMARTS) is 1. The average Bonchev–Trinajstić information content (AvgIpc) is 2.42. The first-order chi connectivity index (χ1) is 10.7. The normalized spacial score (nSPS) is 11.0. The average molecular weight is 364 g/mol. The number of halogens is 1. The summed E-state index contributed by atoms with van der Waals surface area (Å²) in [6, 6.07) is 3.88. The maximum absolute atomic E-state index is 12.1. The van der Waals surface area contributed by atoms with Crippen LogP contribution in [0.4, 0.5) is 4.79 Å². The van der Waals surface area contributed by atoms with E-state index in [2.05, 4.69) is 15.4 Å². The van der Waals surface area contributed by atoms with Gasteiger partial charge in [-0.2, -0.15) is 0 Å².